The van der Waals surface area contributed by atoms with Gasteiger partial charge in [-0.05, 0) is 69.3 Å². The Hall–Kier alpha value is -1.57. The monoisotopic (exact) mass is 313 g/mol. The molecule has 0 aromatic heterocycles. The Morgan fingerprint density at radius 3 is 2.52 bits per heavy atom. The molecule has 23 heavy (non-hydrogen) atoms. The molecule has 0 atom stereocenters. The Bertz CT molecular complexity index is 552. The minimum atomic E-state index is -0.346. The molecule has 2 fully saturated rings. The van der Waals surface area contributed by atoms with E-state index >= 15 is 0 Å². The van der Waals surface area contributed by atoms with Crippen LogP contribution in [0, 0.1) is 11.3 Å². The summed E-state index contributed by atoms with van der Waals surface area (Å²) in [5, 5.41) is 17.1. The van der Waals surface area contributed by atoms with Crippen LogP contribution in [0.1, 0.15) is 44.1 Å². The molecule has 4 nitrogen and oxygen atoms in total. The number of nitrogens with one attached hydrogen (secondary N) is 2. The van der Waals surface area contributed by atoms with E-state index in [0.717, 1.165) is 50.1 Å². The minimum Gasteiger partial charge on any atom is -0.497 e. The van der Waals surface area contributed by atoms with Crippen LogP contribution in [0.5, 0.6) is 5.75 Å². The zero-order chi connectivity index (χ0) is 16.1. The highest BCUT2D eigenvalue weighted by atomic mass is 16.5. The molecule has 0 spiro atoms. The Morgan fingerprint density at radius 2 is 1.87 bits per heavy atom. The van der Waals surface area contributed by atoms with Crippen molar-refractivity contribution in [2.75, 3.05) is 20.2 Å². The molecule has 2 aliphatic rings. The summed E-state index contributed by atoms with van der Waals surface area (Å²) in [6.07, 6.45) is 6.45. The van der Waals surface area contributed by atoms with Gasteiger partial charge in [0.05, 0.1) is 18.6 Å². The molecule has 0 unspecified atom stereocenters. The maximum absolute atomic E-state index is 9.85. The van der Waals surface area contributed by atoms with E-state index in [1.165, 1.54) is 12.8 Å². The lowest BCUT2D eigenvalue weighted by molar-refractivity contribution is 0.257. The number of rotatable bonds is 4. The molecule has 1 aromatic rings. The minimum absolute atomic E-state index is 0.346. The summed E-state index contributed by atoms with van der Waals surface area (Å²) < 4.78 is 5.33. The van der Waals surface area contributed by atoms with Crippen molar-refractivity contribution in [3.8, 4) is 11.8 Å². The molecule has 0 radical (unpaired) electrons. The largest absolute Gasteiger partial charge is 0.497 e. The van der Waals surface area contributed by atoms with Crippen LogP contribution in [0.15, 0.2) is 24.3 Å². The van der Waals surface area contributed by atoms with Gasteiger partial charge >= 0.3 is 0 Å². The van der Waals surface area contributed by atoms with Crippen LogP contribution in [-0.2, 0) is 5.41 Å². The summed E-state index contributed by atoms with van der Waals surface area (Å²) in [6, 6.07) is 11.9. The van der Waals surface area contributed by atoms with E-state index in [0.29, 0.717) is 12.1 Å². The molecule has 3 rings (SSSR count). The molecule has 0 amide bonds. The predicted molar refractivity (Wildman–Crippen MR) is 91.6 cm³/mol. The second kappa shape index (κ2) is 7.33. The number of piperidine rings is 1. The first kappa shape index (κ1) is 16.3. The third kappa shape index (κ3) is 3.68. The van der Waals surface area contributed by atoms with Gasteiger partial charge in [-0.2, -0.15) is 5.26 Å². The van der Waals surface area contributed by atoms with Gasteiger partial charge in [-0.3, -0.25) is 0 Å². The van der Waals surface area contributed by atoms with Crippen molar-refractivity contribution in [3.63, 3.8) is 0 Å². The van der Waals surface area contributed by atoms with E-state index in [4.69, 9.17) is 4.74 Å². The van der Waals surface area contributed by atoms with Gasteiger partial charge in [0.1, 0.15) is 5.75 Å². The van der Waals surface area contributed by atoms with Gasteiger partial charge in [-0.25, -0.2) is 0 Å². The second-order valence-electron chi connectivity index (χ2n) is 6.89. The third-order valence-electron chi connectivity index (χ3n) is 5.49. The highest BCUT2D eigenvalue weighted by Gasteiger charge is 2.37. The standard InChI is InChI=1S/C19H27N3O/c1-23-18-4-2-3-15(13-18)19(14-20)9-5-16(6-10-19)22-17-7-11-21-12-8-17/h2-4,13,16-17,21-22H,5-12H2,1H3. The van der Waals surface area contributed by atoms with E-state index in [9.17, 15) is 5.26 Å². The number of benzene rings is 1. The van der Waals surface area contributed by atoms with Crippen molar-refractivity contribution in [2.24, 2.45) is 0 Å². The van der Waals surface area contributed by atoms with Gasteiger partial charge in [0, 0.05) is 12.1 Å². The van der Waals surface area contributed by atoms with E-state index in [1.54, 1.807) is 7.11 Å². The Morgan fingerprint density at radius 1 is 1.17 bits per heavy atom. The molecule has 1 aliphatic heterocycles. The number of methoxy groups -OCH3 is 1. The van der Waals surface area contributed by atoms with Gasteiger partial charge in [0.15, 0.2) is 0 Å². The molecule has 1 saturated carbocycles. The Balaban J connectivity index is 1.63. The Kier molecular flexibility index (Phi) is 5.20. The van der Waals surface area contributed by atoms with Crippen LogP contribution in [-0.4, -0.2) is 32.3 Å². The third-order valence-corrected chi connectivity index (χ3v) is 5.49. The highest BCUT2D eigenvalue weighted by molar-refractivity contribution is 5.38. The number of nitriles is 1. The topological polar surface area (TPSA) is 57.1 Å². The average molecular weight is 313 g/mol. The lowest BCUT2D eigenvalue weighted by Gasteiger charge is -2.38. The maximum Gasteiger partial charge on any atom is 0.119 e. The quantitative estimate of drug-likeness (QED) is 0.897. The fourth-order valence-electron chi connectivity index (χ4n) is 3.98. The zero-order valence-electron chi connectivity index (χ0n) is 14.0. The lowest BCUT2D eigenvalue weighted by Crippen LogP contribution is -2.47. The summed E-state index contributed by atoms with van der Waals surface area (Å²) in [5.41, 5.74) is 0.764. The summed E-state index contributed by atoms with van der Waals surface area (Å²) in [4.78, 5) is 0. The highest BCUT2D eigenvalue weighted by Crippen LogP contribution is 2.40. The molecule has 4 heteroatoms. The summed E-state index contributed by atoms with van der Waals surface area (Å²) in [5.74, 6) is 0.840. The van der Waals surface area contributed by atoms with Crippen LogP contribution in [0.2, 0.25) is 0 Å². The van der Waals surface area contributed by atoms with Gasteiger partial charge in [0.25, 0.3) is 0 Å². The van der Waals surface area contributed by atoms with Crippen molar-refractivity contribution in [3.05, 3.63) is 29.8 Å². The van der Waals surface area contributed by atoms with Crippen LogP contribution in [0.3, 0.4) is 0 Å². The van der Waals surface area contributed by atoms with Gasteiger partial charge in [0.2, 0.25) is 0 Å². The number of hydrogen-bond acceptors (Lipinski definition) is 4. The van der Waals surface area contributed by atoms with Crippen molar-refractivity contribution < 1.29 is 4.74 Å². The summed E-state index contributed by atoms with van der Waals surface area (Å²) >= 11 is 0. The first-order chi connectivity index (χ1) is 11.3. The van der Waals surface area contributed by atoms with E-state index in [-0.39, 0.29) is 5.41 Å². The van der Waals surface area contributed by atoms with Crippen LogP contribution in [0.25, 0.3) is 0 Å². The maximum atomic E-state index is 9.85. The molecular formula is C19H27N3O. The first-order valence-electron chi connectivity index (χ1n) is 8.78. The van der Waals surface area contributed by atoms with Crippen molar-refractivity contribution in [1.29, 1.82) is 5.26 Å². The summed E-state index contributed by atoms with van der Waals surface area (Å²) in [6.45, 7) is 2.24. The lowest BCUT2D eigenvalue weighted by atomic mass is 9.69. The average Bonchev–Trinajstić information content (AvgIpc) is 2.63. The van der Waals surface area contributed by atoms with Crippen molar-refractivity contribution in [2.45, 2.75) is 56.0 Å². The van der Waals surface area contributed by atoms with E-state index in [1.807, 2.05) is 18.2 Å². The Labute approximate surface area is 139 Å². The predicted octanol–water partition coefficient (Wildman–Crippen LogP) is 2.74. The van der Waals surface area contributed by atoms with Gasteiger partial charge < -0.3 is 15.4 Å². The van der Waals surface area contributed by atoms with Crippen LogP contribution < -0.4 is 15.4 Å². The molecule has 2 N–H and O–H groups in total. The first-order valence-corrected chi connectivity index (χ1v) is 8.78. The molecule has 124 valence electrons. The second-order valence-corrected chi connectivity index (χ2v) is 6.89. The molecule has 1 saturated heterocycles. The van der Waals surface area contributed by atoms with Gasteiger partial charge in [-0.15, -0.1) is 0 Å². The van der Waals surface area contributed by atoms with E-state index in [2.05, 4.69) is 22.8 Å². The smallest absolute Gasteiger partial charge is 0.119 e. The fourth-order valence-corrected chi connectivity index (χ4v) is 3.98. The normalized spacial score (nSPS) is 29.0. The number of nitrogens with zero attached hydrogens (tertiary/aromatic N) is 1. The molecule has 0 bridgehead atoms. The van der Waals surface area contributed by atoms with Gasteiger partial charge in [-0.1, -0.05) is 12.1 Å². The van der Waals surface area contributed by atoms with Crippen molar-refractivity contribution in [1.82, 2.24) is 10.6 Å². The number of hydrogen-bond donors (Lipinski definition) is 2. The molecular weight excluding hydrogens is 286 g/mol. The SMILES string of the molecule is COc1cccc(C2(C#N)CCC(NC3CCNCC3)CC2)c1. The zero-order valence-corrected chi connectivity index (χ0v) is 14.0. The van der Waals surface area contributed by atoms with E-state index < -0.39 is 0 Å². The molecule has 1 aliphatic carbocycles. The van der Waals surface area contributed by atoms with Crippen LogP contribution in [0.4, 0.5) is 0 Å². The van der Waals surface area contributed by atoms with Crippen molar-refractivity contribution >= 4 is 0 Å². The molecule has 1 aromatic carbocycles. The fraction of sp³-hybridized carbons (Fsp3) is 0.632. The number of ether oxygens (including phenoxy) is 1. The molecule has 1 heterocycles. The summed E-state index contributed by atoms with van der Waals surface area (Å²) in [7, 11) is 1.68. The van der Waals surface area contributed by atoms with Crippen LogP contribution >= 0.6 is 0 Å².